The van der Waals surface area contributed by atoms with Gasteiger partial charge in [0, 0.05) is 23.5 Å². The van der Waals surface area contributed by atoms with Gasteiger partial charge in [-0.1, -0.05) is 19.1 Å². The van der Waals surface area contributed by atoms with Crippen LogP contribution in [0.3, 0.4) is 0 Å². The van der Waals surface area contributed by atoms with E-state index < -0.39 is 5.97 Å². The second-order valence-corrected chi connectivity index (χ2v) is 6.81. The number of anilines is 1. The lowest BCUT2D eigenvalue weighted by Crippen LogP contribution is -2.16. The molecule has 0 saturated carbocycles. The normalized spacial score (nSPS) is 12.8. The Kier molecular flexibility index (Phi) is 4.68. The van der Waals surface area contributed by atoms with Crippen LogP contribution in [0.5, 0.6) is 0 Å². The first kappa shape index (κ1) is 18.0. The summed E-state index contributed by atoms with van der Waals surface area (Å²) in [6.45, 7) is 1.86. The number of aromatic nitrogens is 4. The van der Waals surface area contributed by atoms with Gasteiger partial charge in [-0.25, -0.2) is 4.68 Å². The average Bonchev–Trinajstić information content (AvgIpc) is 3.38. The summed E-state index contributed by atoms with van der Waals surface area (Å²) in [6.07, 6.45) is 5.19. The molecule has 8 heteroatoms. The van der Waals surface area contributed by atoms with Gasteiger partial charge in [0.25, 0.3) is 5.91 Å². The van der Waals surface area contributed by atoms with Crippen LogP contribution in [-0.2, 0) is 30.6 Å². The van der Waals surface area contributed by atoms with Gasteiger partial charge in [-0.05, 0) is 43.4 Å². The van der Waals surface area contributed by atoms with Gasteiger partial charge < -0.3 is 10.4 Å². The average molecular weight is 379 g/mol. The number of benzene rings is 1. The third-order valence-electron chi connectivity index (χ3n) is 4.91. The summed E-state index contributed by atoms with van der Waals surface area (Å²) >= 11 is 0. The Morgan fingerprint density at radius 3 is 2.64 bits per heavy atom. The zero-order valence-corrected chi connectivity index (χ0v) is 15.6. The highest BCUT2D eigenvalue weighted by Crippen LogP contribution is 2.28. The number of hydrogen-bond acceptors (Lipinski definition) is 4. The monoisotopic (exact) mass is 379 g/mol. The highest BCUT2D eigenvalue weighted by molar-refractivity contribution is 6.03. The van der Waals surface area contributed by atoms with E-state index in [0.29, 0.717) is 11.5 Å². The number of amides is 1. The minimum atomic E-state index is -0.994. The molecule has 0 fully saturated rings. The Morgan fingerprint density at radius 2 is 1.93 bits per heavy atom. The van der Waals surface area contributed by atoms with Crippen LogP contribution in [-0.4, -0.2) is 36.5 Å². The van der Waals surface area contributed by atoms with Crippen molar-refractivity contribution in [2.75, 3.05) is 5.32 Å². The Hall–Kier alpha value is -3.42. The summed E-state index contributed by atoms with van der Waals surface area (Å²) in [5, 5.41) is 20.2. The van der Waals surface area contributed by atoms with Crippen molar-refractivity contribution < 1.29 is 14.7 Å². The van der Waals surface area contributed by atoms with E-state index in [1.807, 2.05) is 16.8 Å². The minimum Gasteiger partial charge on any atom is -0.480 e. The third kappa shape index (κ3) is 3.40. The van der Waals surface area contributed by atoms with E-state index in [1.165, 1.54) is 16.4 Å². The third-order valence-corrected chi connectivity index (χ3v) is 4.91. The minimum absolute atomic E-state index is 0.256. The lowest BCUT2D eigenvalue weighted by atomic mass is 10.1. The van der Waals surface area contributed by atoms with Crippen molar-refractivity contribution in [3.8, 4) is 5.69 Å². The Morgan fingerprint density at radius 1 is 1.14 bits per heavy atom. The standard InChI is InChI=1S/C20H21N5O3/c1-2-13-6-8-14(9-7-13)25-16-5-3-4-15(16)19(23-25)20(28)21-17-10-11-24(22-17)12-18(26)27/h6-11H,2-5,12H2,1H3,(H,26,27)(H,21,22,28). The SMILES string of the molecule is CCc1ccc(-n2nc(C(=O)Nc3ccn(CC(=O)O)n3)c3c2CCC3)cc1. The van der Waals surface area contributed by atoms with Gasteiger partial charge >= 0.3 is 5.97 Å². The zero-order chi connectivity index (χ0) is 19.7. The summed E-state index contributed by atoms with van der Waals surface area (Å²) in [4.78, 5) is 23.6. The molecule has 0 saturated heterocycles. The molecule has 28 heavy (non-hydrogen) atoms. The number of carbonyl (C=O) groups is 2. The first-order chi connectivity index (χ1) is 13.5. The molecule has 1 aliphatic carbocycles. The number of rotatable bonds is 6. The van der Waals surface area contributed by atoms with Crippen LogP contribution in [0, 0.1) is 0 Å². The molecule has 1 amide bonds. The molecule has 2 N–H and O–H groups in total. The number of carboxylic acids is 1. The van der Waals surface area contributed by atoms with Crippen LogP contribution < -0.4 is 5.32 Å². The fourth-order valence-electron chi connectivity index (χ4n) is 3.54. The van der Waals surface area contributed by atoms with E-state index in [9.17, 15) is 9.59 Å². The number of aliphatic carboxylic acids is 1. The maximum atomic E-state index is 12.8. The van der Waals surface area contributed by atoms with E-state index >= 15 is 0 Å². The maximum Gasteiger partial charge on any atom is 0.325 e. The molecule has 1 aliphatic rings. The molecule has 0 spiro atoms. The van der Waals surface area contributed by atoms with Crippen molar-refractivity contribution >= 4 is 17.7 Å². The molecule has 144 valence electrons. The van der Waals surface area contributed by atoms with Crippen molar-refractivity contribution in [3.05, 3.63) is 59.0 Å². The van der Waals surface area contributed by atoms with E-state index in [4.69, 9.17) is 5.11 Å². The largest absolute Gasteiger partial charge is 0.480 e. The molecule has 0 radical (unpaired) electrons. The van der Waals surface area contributed by atoms with Gasteiger partial charge in [0.1, 0.15) is 6.54 Å². The molecule has 8 nitrogen and oxygen atoms in total. The summed E-state index contributed by atoms with van der Waals surface area (Å²) in [5.74, 6) is -1.02. The topological polar surface area (TPSA) is 102 Å². The van der Waals surface area contributed by atoms with Gasteiger partial charge in [-0.3, -0.25) is 14.3 Å². The van der Waals surface area contributed by atoms with Gasteiger partial charge in [-0.2, -0.15) is 10.2 Å². The molecule has 2 heterocycles. The summed E-state index contributed by atoms with van der Waals surface area (Å²) in [6, 6.07) is 9.78. The Balaban J connectivity index is 1.60. The van der Waals surface area contributed by atoms with Crippen LogP contribution in [0.2, 0.25) is 0 Å². The number of aryl methyl sites for hydroxylation is 1. The van der Waals surface area contributed by atoms with Gasteiger partial charge in [0.05, 0.1) is 5.69 Å². The van der Waals surface area contributed by atoms with Crippen LogP contribution in [0.4, 0.5) is 5.82 Å². The second kappa shape index (κ2) is 7.30. The van der Waals surface area contributed by atoms with E-state index in [0.717, 1.165) is 42.6 Å². The molecule has 3 aromatic rings. The molecule has 0 atom stereocenters. The first-order valence-corrected chi connectivity index (χ1v) is 9.32. The lowest BCUT2D eigenvalue weighted by Gasteiger charge is -2.06. The fourth-order valence-corrected chi connectivity index (χ4v) is 3.54. The van der Waals surface area contributed by atoms with Crippen molar-refractivity contribution in [3.63, 3.8) is 0 Å². The van der Waals surface area contributed by atoms with E-state index in [2.05, 4.69) is 34.6 Å². The predicted octanol–water partition coefficient (Wildman–Crippen LogP) is 2.46. The van der Waals surface area contributed by atoms with Crippen molar-refractivity contribution in [2.45, 2.75) is 39.2 Å². The molecule has 2 aromatic heterocycles. The van der Waals surface area contributed by atoms with Gasteiger partial charge in [0.15, 0.2) is 11.5 Å². The molecular formula is C20H21N5O3. The van der Waals surface area contributed by atoms with Crippen LogP contribution in [0.1, 0.15) is 40.7 Å². The first-order valence-electron chi connectivity index (χ1n) is 9.32. The summed E-state index contributed by atoms with van der Waals surface area (Å²) in [7, 11) is 0. The number of fused-ring (bicyclic) bond motifs is 1. The second-order valence-electron chi connectivity index (χ2n) is 6.81. The maximum absolute atomic E-state index is 12.8. The fraction of sp³-hybridized carbons (Fsp3) is 0.300. The number of nitrogens with zero attached hydrogens (tertiary/aromatic N) is 4. The molecule has 0 aliphatic heterocycles. The van der Waals surface area contributed by atoms with Crippen molar-refractivity contribution in [2.24, 2.45) is 0 Å². The van der Waals surface area contributed by atoms with E-state index in [1.54, 1.807) is 6.07 Å². The van der Waals surface area contributed by atoms with Gasteiger partial charge in [-0.15, -0.1) is 0 Å². The van der Waals surface area contributed by atoms with Crippen LogP contribution >= 0.6 is 0 Å². The summed E-state index contributed by atoms with van der Waals surface area (Å²) in [5.41, 5.74) is 4.65. The van der Waals surface area contributed by atoms with Crippen molar-refractivity contribution in [1.82, 2.24) is 19.6 Å². The smallest absolute Gasteiger partial charge is 0.325 e. The lowest BCUT2D eigenvalue weighted by molar-refractivity contribution is -0.137. The predicted molar refractivity (Wildman–Crippen MR) is 103 cm³/mol. The highest BCUT2D eigenvalue weighted by Gasteiger charge is 2.27. The molecule has 4 rings (SSSR count). The molecule has 1 aromatic carbocycles. The number of carboxylic acid groups (broad SMARTS) is 1. The highest BCUT2D eigenvalue weighted by atomic mass is 16.4. The van der Waals surface area contributed by atoms with Crippen LogP contribution in [0.15, 0.2) is 36.5 Å². The Labute approximate surface area is 161 Å². The number of hydrogen-bond donors (Lipinski definition) is 2. The number of carbonyl (C=O) groups excluding carboxylic acids is 1. The zero-order valence-electron chi connectivity index (χ0n) is 15.6. The van der Waals surface area contributed by atoms with E-state index in [-0.39, 0.29) is 12.5 Å². The molecule has 0 unspecified atom stereocenters. The molecular weight excluding hydrogens is 358 g/mol. The summed E-state index contributed by atoms with van der Waals surface area (Å²) < 4.78 is 3.12. The quantitative estimate of drug-likeness (QED) is 0.685. The Bertz CT molecular complexity index is 1030. The van der Waals surface area contributed by atoms with Crippen molar-refractivity contribution in [1.29, 1.82) is 0 Å². The van der Waals surface area contributed by atoms with Gasteiger partial charge in [0.2, 0.25) is 0 Å². The number of nitrogens with one attached hydrogen (secondary N) is 1. The van der Waals surface area contributed by atoms with Crippen LogP contribution in [0.25, 0.3) is 5.69 Å². The molecule has 0 bridgehead atoms.